The number of nitro groups is 1. The van der Waals surface area contributed by atoms with Crippen LogP contribution >= 0.6 is 11.6 Å². The first-order valence-corrected chi connectivity index (χ1v) is 7.02. The molecule has 120 valence electrons. The van der Waals surface area contributed by atoms with Crippen molar-refractivity contribution in [2.45, 2.75) is 6.42 Å². The Balaban J connectivity index is 2.34. The second kappa shape index (κ2) is 7.11. The molecule has 0 saturated heterocycles. The van der Waals surface area contributed by atoms with E-state index in [4.69, 9.17) is 16.3 Å². The molecule has 23 heavy (non-hydrogen) atoms. The van der Waals surface area contributed by atoms with E-state index in [1.54, 1.807) is 30.3 Å². The minimum Gasteiger partial charge on any atom is -0.496 e. The van der Waals surface area contributed by atoms with Crippen LogP contribution in [0.15, 0.2) is 36.4 Å². The Bertz CT molecular complexity index is 743. The fourth-order valence-corrected chi connectivity index (χ4v) is 2.36. The molecule has 0 unspecified atom stereocenters. The van der Waals surface area contributed by atoms with Gasteiger partial charge in [0.2, 0.25) is 0 Å². The van der Waals surface area contributed by atoms with E-state index in [1.165, 1.54) is 20.3 Å². The van der Waals surface area contributed by atoms with Gasteiger partial charge in [0, 0.05) is 0 Å². The smallest absolute Gasteiger partial charge is 0.337 e. The van der Waals surface area contributed by atoms with Crippen molar-refractivity contribution >= 4 is 23.3 Å². The summed E-state index contributed by atoms with van der Waals surface area (Å²) in [6.45, 7) is 0. The maximum atomic E-state index is 11.4. The highest BCUT2D eigenvalue weighted by atomic mass is 35.5. The number of rotatable bonds is 5. The summed E-state index contributed by atoms with van der Waals surface area (Å²) in [6.07, 6.45) is 0.373. The average Bonchev–Trinajstić information content (AvgIpc) is 2.56. The van der Waals surface area contributed by atoms with Gasteiger partial charge < -0.3 is 9.47 Å². The van der Waals surface area contributed by atoms with Gasteiger partial charge in [0.25, 0.3) is 5.69 Å². The number of hydrogen-bond donors (Lipinski definition) is 0. The first-order valence-electron chi connectivity index (χ1n) is 6.64. The number of carbonyl (C=O) groups excluding carboxylic acids is 1. The summed E-state index contributed by atoms with van der Waals surface area (Å²) in [5.41, 5.74) is 1.65. The summed E-state index contributed by atoms with van der Waals surface area (Å²) in [5.74, 6) is -0.0612. The normalized spacial score (nSPS) is 10.2. The van der Waals surface area contributed by atoms with E-state index in [-0.39, 0.29) is 10.7 Å². The molecule has 0 saturated carbocycles. The average molecular weight is 336 g/mol. The fraction of sp³-hybridized carbons (Fsp3) is 0.188. The first-order chi connectivity index (χ1) is 11.0. The van der Waals surface area contributed by atoms with Crippen molar-refractivity contribution in [3.63, 3.8) is 0 Å². The van der Waals surface area contributed by atoms with E-state index in [2.05, 4.69) is 4.74 Å². The van der Waals surface area contributed by atoms with E-state index in [1.807, 2.05) is 0 Å². The van der Waals surface area contributed by atoms with Gasteiger partial charge in [-0.05, 0) is 35.7 Å². The van der Waals surface area contributed by atoms with Crippen molar-refractivity contribution in [1.29, 1.82) is 0 Å². The molecule has 0 spiro atoms. The van der Waals surface area contributed by atoms with Gasteiger partial charge in [-0.25, -0.2) is 4.79 Å². The molecule has 6 nitrogen and oxygen atoms in total. The molecule has 0 bridgehead atoms. The molecule has 0 aliphatic heterocycles. The Kier molecular flexibility index (Phi) is 5.18. The van der Waals surface area contributed by atoms with Gasteiger partial charge >= 0.3 is 5.97 Å². The molecule has 2 rings (SSSR count). The number of nitro benzene ring substituents is 1. The number of esters is 1. The molecule has 0 aliphatic carbocycles. The standard InChI is InChI=1S/C16H14ClNO5/c1-22-13-8-12(15(17)14(9-13)18(20)21)7-10-3-5-11(6-4-10)16(19)23-2/h3-6,8-9H,7H2,1-2H3. The van der Waals surface area contributed by atoms with Crippen LogP contribution in [0.3, 0.4) is 0 Å². The third-order valence-electron chi connectivity index (χ3n) is 3.30. The third-order valence-corrected chi connectivity index (χ3v) is 3.74. The van der Waals surface area contributed by atoms with Crippen LogP contribution in [0.1, 0.15) is 21.5 Å². The zero-order valence-electron chi connectivity index (χ0n) is 12.5. The van der Waals surface area contributed by atoms with Crippen LogP contribution in [0.4, 0.5) is 5.69 Å². The predicted molar refractivity (Wildman–Crippen MR) is 85.2 cm³/mol. The quantitative estimate of drug-likeness (QED) is 0.473. The second-order valence-corrected chi connectivity index (χ2v) is 5.12. The van der Waals surface area contributed by atoms with Gasteiger partial charge in [-0.1, -0.05) is 23.7 Å². The number of nitrogens with zero attached hydrogens (tertiary/aromatic N) is 1. The van der Waals surface area contributed by atoms with Crippen molar-refractivity contribution in [3.8, 4) is 5.75 Å². The monoisotopic (exact) mass is 335 g/mol. The SMILES string of the molecule is COC(=O)c1ccc(Cc2cc(OC)cc([N+](=O)[O-])c2Cl)cc1. The summed E-state index contributed by atoms with van der Waals surface area (Å²) in [6, 6.07) is 9.69. The van der Waals surface area contributed by atoms with Gasteiger partial charge in [0.1, 0.15) is 10.8 Å². The van der Waals surface area contributed by atoms with Crippen molar-refractivity contribution < 1.29 is 19.2 Å². The number of hydrogen-bond acceptors (Lipinski definition) is 5. The largest absolute Gasteiger partial charge is 0.496 e. The van der Waals surface area contributed by atoms with Gasteiger partial charge in [0.05, 0.1) is 30.8 Å². The van der Waals surface area contributed by atoms with Crippen LogP contribution in [0.25, 0.3) is 0 Å². The van der Waals surface area contributed by atoms with E-state index >= 15 is 0 Å². The van der Waals surface area contributed by atoms with E-state index in [0.717, 1.165) is 5.56 Å². The van der Waals surface area contributed by atoms with Crippen LogP contribution < -0.4 is 4.74 Å². The Morgan fingerprint density at radius 1 is 1.22 bits per heavy atom. The van der Waals surface area contributed by atoms with Crippen molar-refractivity contribution in [2.75, 3.05) is 14.2 Å². The summed E-state index contributed by atoms with van der Waals surface area (Å²) < 4.78 is 9.71. The molecular formula is C16H14ClNO5. The topological polar surface area (TPSA) is 78.7 Å². The van der Waals surface area contributed by atoms with Crippen LogP contribution in [0, 0.1) is 10.1 Å². The van der Waals surface area contributed by atoms with Crippen LogP contribution in [-0.4, -0.2) is 25.1 Å². The van der Waals surface area contributed by atoms with E-state index in [9.17, 15) is 14.9 Å². The minimum atomic E-state index is -0.547. The summed E-state index contributed by atoms with van der Waals surface area (Å²) in [4.78, 5) is 21.9. The molecular weight excluding hydrogens is 322 g/mol. The Hall–Kier alpha value is -2.60. The molecule has 0 heterocycles. The number of methoxy groups -OCH3 is 2. The van der Waals surface area contributed by atoms with Crippen LogP contribution in [0.5, 0.6) is 5.75 Å². The molecule has 0 aromatic heterocycles. The number of halogens is 1. The molecule has 0 aliphatic rings. The lowest BCUT2D eigenvalue weighted by Crippen LogP contribution is -2.01. The van der Waals surface area contributed by atoms with Gasteiger partial charge in [-0.15, -0.1) is 0 Å². The molecule has 2 aromatic carbocycles. The zero-order chi connectivity index (χ0) is 17.0. The summed E-state index contributed by atoms with van der Waals surface area (Å²) in [7, 11) is 2.74. The van der Waals surface area contributed by atoms with Crippen molar-refractivity contribution in [1.82, 2.24) is 0 Å². The molecule has 0 fully saturated rings. The molecule has 0 amide bonds. The highest BCUT2D eigenvalue weighted by Crippen LogP contribution is 2.34. The Labute approximate surface area is 137 Å². The summed E-state index contributed by atoms with van der Waals surface area (Å²) >= 11 is 6.12. The van der Waals surface area contributed by atoms with Crippen molar-refractivity contribution in [3.05, 3.63) is 68.2 Å². The zero-order valence-corrected chi connectivity index (χ0v) is 13.3. The van der Waals surface area contributed by atoms with Gasteiger partial charge in [-0.3, -0.25) is 10.1 Å². The lowest BCUT2D eigenvalue weighted by Gasteiger charge is -2.09. The number of carbonyl (C=O) groups is 1. The lowest BCUT2D eigenvalue weighted by molar-refractivity contribution is -0.384. The van der Waals surface area contributed by atoms with E-state index < -0.39 is 10.9 Å². The Morgan fingerprint density at radius 3 is 2.39 bits per heavy atom. The number of ether oxygens (including phenoxy) is 2. The van der Waals surface area contributed by atoms with E-state index in [0.29, 0.717) is 23.3 Å². The highest BCUT2D eigenvalue weighted by Gasteiger charge is 2.19. The highest BCUT2D eigenvalue weighted by molar-refractivity contribution is 6.33. The van der Waals surface area contributed by atoms with Gasteiger partial charge in [-0.2, -0.15) is 0 Å². The first kappa shape index (κ1) is 16.8. The van der Waals surface area contributed by atoms with Gasteiger partial charge in [0.15, 0.2) is 0 Å². The predicted octanol–water partition coefficient (Wildman–Crippen LogP) is 3.63. The fourth-order valence-electron chi connectivity index (χ4n) is 2.12. The molecule has 0 N–H and O–H groups in total. The lowest BCUT2D eigenvalue weighted by atomic mass is 10.0. The second-order valence-electron chi connectivity index (χ2n) is 4.74. The Morgan fingerprint density at radius 2 is 1.87 bits per heavy atom. The number of benzene rings is 2. The van der Waals surface area contributed by atoms with Crippen LogP contribution in [0.2, 0.25) is 5.02 Å². The maximum Gasteiger partial charge on any atom is 0.337 e. The molecule has 0 radical (unpaired) electrons. The summed E-state index contributed by atoms with van der Waals surface area (Å²) in [5, 5.41) is 11.1. The maximum absolute atomic E-state index is 11.4. The van der Waals surface area contributed by atoms with Crippen LogP contribution in [-0.2, 0) is 11.2 Å². The molecule has 2 aromatic rings. The van der Waals surface area contributed by atoms with Crippen molar-refractivity contribution in [2.24, 2.45) is 0 Å². The molecule has 0 atom stereocenters. The third kappa shape index (κ3) is 3.78. The molecule has 7 heteroatoms. The minimum absolute atomic E-state index is 0.0767.